The molecule has 0 aromatic rings. The molecule has 6 rings (SSSR count). The molecule has 0 radical (unpaired) electrons. The Bertz CT molecular complexity index is 742. The van der Waals surface area contributed by atoms with Gasteiger partial charge in [0.1, 0.15) is 0 Å². The molecule has 2 saturated heterocycles. The van der Waals surface area contributed by atoms with Gasteiger partial charge in [0, 0.05) is 52.4 Å². The first kappa shape index (κ1) is 38.8. The fourth-order valence-electron chi connectivity index (χ4n) is 5.37. The van der Waals surface area contributed by atoms with Gasteiger partial charge in [0.25, 0.3) is 0 Å². The summed E-state index contributed by atoms with van der Waals surface area (Å²) in [5.74, 6) is 0. The fourth-order valence-corrected chi connectivity index (χ4v) is 13.4. The van der Waals surface area contributed by atoms with Crippen molar-refractivity contribution in [2.24, 2.45) is 0 Å². The average molecular weight is 712 g/mol. The van der Waals surface area contributed by atoms with E-state index in [1.165, 1.54) is 37.8 Å². The average Bonchev–Trinajstić information content (AvgIpc) is 3.59. The monoisotopic (exact) mass is 708 g/mol. The summed E-state index contributed by atoms with van der Waals surface area (Å²) in [6.07, 6.45) is 39.5. The topological polar surface area (TPSA) is 0 Å². The van der Waals surface area contributed by atoms with Gasteiger partial charge < -0.3 is 24.8 Å². The van der Waals surface area contributed by atoms with Crippen LogP contribution in [-0.2, 0) is 52.4 Å². The van der Waals surface area contributed by atoms with Crippen molar-refractivity contribution in [2.75, 3.05) is 0 Å². The van der Waals surface area contributed by atoms with Crippen LogP contribution in [0.1, 0.15) is 52.4 Å². The van der Waals surface area contributed by atoms with E-state index in [0.717, 1.165) is 12.8 Å². The number of hydrogen-bond donors (Lipinski definition) is 0. The van der Waals surface area contributed by atoms with Crippen molar-refractivity contribution in [1.82, 2.24) is 0 Å². The Morgan fingerprint density at radius 2 is 1.00 bits per heavy atom. The van der Waals surface area contributed by atoms with E-state index in [-0.39, 0.29) is 77.2 Å². The molecular formula is C30H42Cl2Si2Zr2-4. The van der Waals surface area contributed by atoms with Gasteiger partial charge in [-0.1, -0.05) is 110 Å². The molecule has 0 atom stereocenters. The standard InChI is InChI=1S/2C10H16Si.2C5H5.2ClH.2Zr/c2*1-2-11(8-5-9-11)10-6-3-4-7-10;2*1-2-4-5-3-1;;;;/h2*3-4,6H,2,5,7-9H2,1H3;2*1-3H,4H2;2*1H;;/q;;2*-1;;;;/p-2. The van der Waals surface area contributed by atoms with E-state index in [4.69, 9.17) is 0 Å². The van der Waals surface area contributed by atoms with E-state index in [1.807, 2.05) is 34.7 Å². The molecule has 36 heavy (non-hydrogen) atoms. The van der Waals surface area contributed by atoms with Gasteiger partial charge in [-0.25, -0.2) is 24.3 Å². The van der Waals surface area contributed by atoms with E-state index >= 15 is 0 Å². The van der Waals surface area contributed by atoms with Crippen molar-refractivity contribution in [3.05, 3.63) is 95.5 Å². The third-order valence-corrected chi connectivity index (χ3v) is 19.5. The molecule has 2 heterocycles. The summed E-state index contributed by atoms with van der Waals surface area (Å²) >= 11 is 0. The normalized spacial score (nSPS) is 21.1. The van der Waals surface area contributed by atoms with Crippen LogP contribution < -0.4 is 24.8 Å². The molecule has 0 unspecified atom stereocenters. The van der Waals surface area contributed by atoms with Crippen LogP contribution >= 0.6 is 0 Å². The second-order valence-corrected chi connectivity index (χ2v) is 19.4. The third kappa shape index (κ3) is 11.4. The number of rotatable bonds is 4. The zero-order valence-electron chi connectivity index (χ0n) is 22.2. The van der Waals surface area contributed by atoms with Gasteiger partial charge in [0.15, 0.2) is 0 Å². The van der Waals surface area contributed by atoms with Crippen LogP contribution in [-0.4, -0.2) is 16.1 Å². The van der Waals surface area contributed by atoms with Crippen molar-refractivity contribution in [2.45, 2.75) is 88.6 Å². The Hall–Kier alpha value is 0.700. The number of allylic oxidation sites excluding steroid dienone is 16. The summed E-state index contributed by atoms with van der Waals surface area (Å²) in [7, 11) is -1.57. The molecule has 6 heteroatoms. The summed E-state index contributed by atoms with van der Waals surface area (Å²) in [6, 6.07) is 9.29. The van der Waals surface area contributed by atoms with Crippen LogP contribution in [0.2, 0.25) is 36.3 Å². The number of hydrogen-bond acceptors (Lipinski definition) is 0. The Morgan fingerprint density at radius 1 is 0.611 bits per heavy atom. The van der Waals surface area contributed by atoms with Crippen LogP contribution in [0, 0.1) is 12.2 Å². The van der Waals surface area contributed by atoms with Crippen molar-refractivity contribution in [1.29, 1.82) is 0 Å². The molecule has 0 spiro atoms. The zero-order valence-corrected chi connectivity index (χ0v) is 30.6. The third-order valence-electron chi connectivity index (χ3n) is 8.05. The Labute approximate surface area is 274 Å². The second kappa shape index (κ2) is 21.5. The summed E-state index contributed by atoms with van der Waals surface area (Å²) in [4.78, 5) is 0. The van der Waals surface area contributed by atoms with E-state index in [1.54, 1.807) is 24.2 Å². The molecular weight excluding hydrogens is 670 g/mol. The van der Waals surface area contributed by atoms with Crippen molar-refractivity contribution in [3.8, 4) is 0 Å². The van der Waals surface area contributed by atoms with E-state index in [2.05, 4.69) is 74.6 Å². The molecule has 0 saturated carbocycles. The van der Waals surface area contributed by atoms with E-state index in [0.29, 0.717) is 0 Å². The summed E-state index contributed by atoms with van der Waals surface area (Å²) in [5, 5.41) is 3.68. The minimum Gasteiger partial charge on any atom is -1.00 e. The maximum atomic E-state index is 2.99. The van der Waals surface area contributed by atoms with Gasteiger partial charge in [-0.15, -0.1) is 12.8 Å². The molecule has 0 aromatic heterocycles. The molecule has 2 aliphatic heterocycles. The smallest absolute Gasteiger partial charge is 0.0816 e. The van der Waals surface area contributed by atoms with Crippen molar-refractivity contribution >= 4 is 16.1 Å². The molecule has 0 amide bonds. The predicted octanol–water partition coefficient (Wildman–Crippen LogP) is 3.18. The maximum Gasteiger partial charge on any atom is 0.0816 e. The van der Waals surface area contributed by atoms with Gasteiger partial charge in [0.05, 0.1) is 16.1 Å². The fraction of sp³-hybridized carbons (Fsp3) is 0.467. The molecule has 0 aromatic carbocycles. The van der Waals surface area contributed by atoms with Crippen LogP contribution in [0.4, 0.5) is 0 Å². The van der Waals surface area contributed by atoms with Crippen LogP contribution in [0.15, 0.2) is 83.3 Å². The molecule has 6 aliphatic rings. The predicted molar refractivity (Wildman–Crippen MR) is 148 cm³/mol. The van der Waals surface area contributed by atoms with Crippen LogP contribution in [0.5, 0.6) is 0 Å². The second-order valence-electron chi connectivity index (χ2n) is 9.63. The molecule has 4 aliphatic carbocycles. The number of halogens is 2. The largest absolute Gasteiger partial charge is 1.00 e. The minimum atomic E-state index is -0.785. The van der Waals surface area contributed by atoms with Gasteiger partial charge in [-0.3, -0.25) is 12.2 Å². The van der Waals surface area contributed by atoms with Gasteiger partial charge >= 0.3 is 0 Å². The van der Waals surface area contributed by atoms with Gasteiger partial charge in [-0.2, -0.15) is 12.2 Å². The maximum absolute atomic E-state index is 2.99. The van der Waals surface area contributed by atoms with Gasteiger partial charge in [0.2, 0.25) is 0 Å². The molecule has 0 nitrogen and oxygen atoms in total. The molecule has 0 bridgehead atoms. The Balaban J connectivity index is 0. The van der Waals surface area contributed by atoms with Crippen molar-refractivity contribution in [3.63, 3.8) is 0 Å². The summed E-state index contributed by atoms with van der Waals surface area (Å²) in [6.45, 7) is 4.79. The summed E-state index contributed by atoms with van der Waals surface area (Å²) in [5.41, 5.74) is 0. The zero-order chi connectivity index (χ0) is 22.5. The Morgan fingerprint density at radius 3 is 1.14 bits per heavy atom. The molecule has 0 N–H and O–H groups in total. The quantitative estimate of drug-likeness (QED) is 0.311. The van der Waals surface area contributed by atoms with Gasteiger partial charge in [-0.05, 0) is 12.8 Å². The van der Waals surface area contributed by atoms with E-state index in [9.17, 15) is 0 Å². The first-order valence-corrected chi connectivity index (χ1v) is 18.1. The SMILES string of the molecule is CC[Si]1(C2=CC=CC2)CCC1.CC[Si]1(C2=CC=CC2)CCC1.[C-]1=CC=CC1.[C-]1=CC=CC1.[Cl-].[Cl-].[Zr].[Zr]. The van der Waals surface area contributed by atoms with Crippen LogP contribution in [0.3, 0.4) is 0 Å². The first-order chi connectivity index (χ1) is 15.7. The minimum absolute atomic E-state index is 0. The molecule has 196 valence electrons. The van der Waals surface area contributed by atoms with E-state index < -0.39 is 16.1 Å². The first-order valence-electron chi connectivity index (χ1n) is 12.9. The summed E-state index contributed by atoms with van der Waals surface area (Å²) < 4.78 is 0. The van der Waals surface area contributed by atoms with Crippen LogP contribution in [0.25, 0.3) is 0 Å². The Kier molecular flexibility index (Phi) is 23.2. The van der Waals surface area contributed by atoms with Crippen molar-refractivity contribution < 1.29 is 77.2 Å². The molecule has 2 fully saturated rings.